The van der Waals surface area contributed by atoms with Crippen molar-refractivity contribution in [1.82, 2.24) is 0 Å². The first-order valence-electron chi connectivity index (χ1n) is 21.4. The van der Waals surface area contributed by atoms with E-state index in [2.05, 4.69) is 107 Å². The summed E-state index contributed by atoms with van der Waals surface area (Å²) >= 11 is 14.2. The molecule has 43 heteroatoms. The van der Waals surface area contributed by atoms with Crippen LogP contribution >= 0.6 is 0 Å². The molecule has 11 N–H and O–H groups in total. The standard InChI is InChI=1S/C20H38N2O20.C14H27NO10.5OS/c1-6-8(4-30-39-25)33-19(11(22)14(6)37-41-27)35-15-7(2)32-20(17(13(15)24)38-42-28)36-16-9(5-31-40-26)34-18(29-3)10(21)12(16)23;1-5-9(16)12(6(2)22-13(5)20-3)24-14-8(15)11(18)10(17)7(23-14)4-21-25-19;5*1-2/h6-20,23-28H,4-5,21-22H2,1-3H3;5-14,16-19H,4,15H2,1-3H3;;;;;/p-5/t6-,7?,8+,9?,10?,11?,12-,13+,14+,15-,16-,17?,18+,19-,20+;5?,6-,7-,8?,9+,10+,11+,12+,13+,14+;;;;;/m10...../s1. The minimum Gasteiger partial charge on any atom is -0.692 e. The molecule has 0 spiro atoms. The predicted molar refractivity (Wildman–Crippen MR) is 229 cm³/mol. The number of hydrogen-bond donors (Lipinski definition) is 8. The molecule has 0 aromatic rings. The van der Waals surface area contributed by atoms with E-state index in [0.717, 1.165) is 0 Å². The molecule has 0 aliphatic carbocycles. The van der Waals surface area contributed by atoms with Crippen molar-refractivity contribution in [3.63, 3.8) is 0 Å². The van der Waals surface area contributed by atoms with Crippen LogP contribution in [0.2, 0.25) is 0 Å². The zero-order chi connectivity index (χ0) is 59.7. The molecule has 0 radical (unpaired) electrons. The largest absolute Gasteiger partial charge is 0.692 e. The van der Waals surface area contributed by atoms with Crippen molar-refractivity contribution in [2.24, 2.45) is 29.0 Å². The van der Waals surface area contributed by atoms with E-state index in [1.807, 2.05) is 0 Å². The van der Waals surface area contributed by atoms with Gasteiger partial charge in [0.05, 0.1) is 42.5 Å². The lowest BCUT2D eigenvalue weighted by molar-refractivity contribution is -0.809. The maximum Gasteiger partial charge on any atom is 0.197 e. The second-order valence-electron chi connectivity index (χ2n) is 16.0. The first-order chi connectivity index (χ1) is 36.9. The van der Waals surface area contributed by atoms with Crippen molar-refractivity contribution in [3.8, 4) is 0 Å². The van der Waals surface area contributed by atoms with E-state index in [0.29, 0.717) is 0 Å². The summed E-state index contributed by atoms with van der Waals surface area (Å²) in [6.07, 6.45) is -24.4. The summed E-state index contributed by atoms with van der Waals surface area (Å²) in [4.78, 5) is 22.4. The van der Waals surface area contributed by atoms with Gasteiger partial charge in [0.2, 0.25) is 0 Å². The summed E-state index contributed by atoms with van der Waals surface area (Å²) in [7, 11) is 2.73. The Kier molecular flexibility index (Phi) is 43.9. The Morgan fingerprint density at radius 1 is 0.390 bits per heavy atom. The van der Waals surface area contributed by atoms with E-state index in [9.17, 15) is 51.8 Å². The van der Waals surface area contributed by atoms with Crippen LogP contribution in [0, 0.1) is 11.8 Å². The highest BCUT2D eigenvalue weighted by Gasteiger charge is 2.54. The Morgan fingerprint density at radius 2 is 0.779 bits per heavy atom. The van der Waals surface area contributed by atoms with Gasteiger partial charge in [0.15, 0.2) is 100 Å². The van der Waals surface area contributed by atoms with Crippen LogP contribution in [0.15, 0.2) is 0 Å². The summed E-state index contributed by atoms with van der Waals surface area (Å²) in [5.74, 6) is -1.05. The fourth-order valence-electron chi connectivity index (χ4n) is 8.08. The van der Waals surface area contributed by atoms with Gasteiger partial charge in [-0.3, -0.25) is 25.2 Å². The molecule has 77 heavy (non-hydrogen) atoms. The summed E-state index contributed by atoms with van der Waals surface area (Å²) in [5.41, 5.74) is 18.0. The summed E-state index contributed by atoms with van der Waals surface area (Å²) < 4.78 is 95.0. The molecule has 7 unspecified atom stereocenters. The van der Waals surface area contributed by atoms with Gasteiger partial charge in [-0.25, -0.2) is 24.4 Å². The molecule has 38 nitrogen and oxygen atoms in total. The SMILES string of the molecule is CO[C@@H]1O[C@@H](C)[C@@H](O[C@H]2O[C@@H](COO[O-])[C@@H](O)[C@H](O)C2N)[C@H](O)C1C.CO[C@H]1OC(COO[O-])[C@@H](O[C@@H]2OC(C)[C@@H](O[C@H]3O[C@@H](COO[O-])[C@@H](C)[C@H](OO[O-])C3N)[C@H](O)C2OO[O-])[C@H](O)C1N.O=S.O=S.O=S.O=S.O=S. The van der Waals surface area contributed by atoms with Gasteiger partial charge in [0, 0.05) is 26.1 Å². The van der Waals surface area contributed by atoms with E-state index in [-0.39, 0.29) is 5.92 Å². The second kappa shape index (κ2) is 43.5. The fourth-order valence-corrected chi connectivity index (χ4v) is 8.08. The molecule has 5 aliphatic rings. The van der Waals surface area contributed by atoms with Crippen LogP contribution in [-0.4, -0.2) is 222 Å². The lowest BCUT2D eigenvalue weighted by atomic mass is 9.89. The topological polar surface area (TPSA) is 564 Å². The molecule has 5 heterocycles. The summed E-state index contributed by atoms with van der Waals surface area (Å²) in [5, 5.41) is 122. The minimum atomic E-state index is -1.76. The van der Waals surface area contributed by atoms with Crippen molar-refractivity contribution in [1.29, 1.82) is 0 Å². The number of ether oxygens (including phenoxy) is 10. The Bertz CT molecular complexity index is 1480. The van der Waals surface area contributed by atoms with Gasteiger partial charge in [-0.2, -0.15) is 21.0 Å². The van der Waals surface area contributed by atoms with Crippen LogP contribution < -0.4 is 43.5 Å². The van der Waals surface area contributed by atoms with Crippen LogP contribution in [0.3, 0.4) is 0 Å². The molecule has 0 bridgehead atoms. The predicted octanol–water partition coefficient (Wildman–Crippen LogP) is -12.7. The Labute approximate surface area is 463 Å². The highest BCUT2D eigenvalue weighted by molar-refractivity contribution is 7.45. The number of methoxy groups -OCH3 is 2. The van der Waals surface area contributed by atoms with Gasteiger partial charge >= 0.3 is 0 Å². The molecule has 456 valence electrons. The molecule has 5 rings (SSSR count). The smallest absolute Gasteiger partial charge is 0.197 e. The molecule has 5 fully saturated rings. The first-order valence-corrected chi connectivity index (χ1v) is 23.1. The first kappa shape index (κ1) is 77.8. The van der Waals surface area contributed by atoms with E-state index in [1.165, 1.54) is 21.1 Å². The Hall–Kier alpha value is -1.22. The highest BCUT2D eigenvalue weighted by atomic mass is 32.1. The monoisotopic (exact) mass is 1230 g/mol. The lowest BCUT2D eigenvalue weighted by Crippen LogP contribution is -2.67. The van der Waals surface area contributed by atoms with Gasteiger partial charge in [-0.15, -0.1) is 0 Å². The fraction of sp³-hybridized carbons (Fsp3) is 1.00. The van der Waals surface area contributed by atoms with Gasteiger partial charge in [0.25, 0.3) is 0 Å². The summed E-state index contributed by atoms with van der Waals surface area (Å²) in [6, 6.07) is -3.45. The van der Waals surface area contributed by atoms with Gasteiger partial charge in [0.1, 0.15) is 80.9 Å². The lowest BCUT2D eigenvalue weighted by Gasteiger charge is -2.49. The molecule has 5 aliphatic heterocycles. The van der Waals surface area contributed by atoms with Crippen molar-refractivity contribution < 1.29 is 170 Å². The zero-order valence-electron chi connectivity index (χ0n) is 40.8. The molecule has 0 aromatic carbocycles. The van der Waals surface area contributed by atoms with Crippen molar-refractivity contribution in [3.05, 3.63) is 0 Å². The average molecular weight is 1230 g/mol. The number of aliphatic hydroxyl groups excluding tert-OH is 5. The van der Waals surface area contributed by atoms with Crippen molar-refractivity contribution in [2.75, 3.05) is 34.0 Å². The quantitative estimate of drug-likeness (QED) is 0.0391. The van der Waals surface area contributed by atoms with Crippen LogP contribution in [0.25, 0.3) is 0 Å². The molecule has 25 atom stereocenters. The van der Waals surface area contributed by atoms with Gasteiger partial charge in [-0.05, 0) is 13.8 Å². The van der Waals surface area contributed by atoms with Crippen LogP contribution in [-0.2, 0) is 160 Å². The van der Waals surface area contributed by atoms with Crippen LogP contribution in [0.4, 0.5) is 0 Å². The number of rotatable bonds is 21. The molecule has 0 amide bonds. The minimum absolute atomic E-state index is 0.380. The number of aliphatic hydroxyl groups is 5. The average Bonchev–Trinajstić information content (AvgIpc) is 3.45. The molecular weight excluding hydrogens is 1170 g/mol. The van der Waals surface area contributed by atoms with Crippen molar-refractivity contribution in [2.45, 2.75) is 169 Å². The third kappa shape index (κ3) is 22.5. The van der Waals surface area contributed by atoms with E-state index >= 15 is 0 Å². The van der Waals surface area contributed by atoms with Crippen molar-refractivity contribution >= 4 is 62.7 Å². The van der Waals surface area contributed by atoms with Crippen LogP contribution in [0.1, 0.15) is 27.7 Å². The van der Waals surface area contributed by atoms with E-state index < -0.39 is 167 Å². The zero-order valence-corrected chi connectivity index (χ0v) is 44.9. The highest BCUT2D eigenvalue weighted by Crippen LogP contribution is 2.36. The molecule has 0 aromatic heterocycles. The van der Waals surface area contributed by atoms with Crippen LogP contribution in [0.5, 0.6) is 0 Å². The van der Waals surface area contributed by atoms with Gasteiger partial charge < -0.3 is 116 Å². The van der Waals surface area contributed by atoms with Gasteiger partial charge in [-0.1, -0.05) is 13.8 Å². The Balaban J connectivity index is 0. The molecule has 5 saturated heterocycles. The maximum atomic E-state index is 11.1. The van der Waals surface area contributed by atoms with E-state index in [1.54, 1.807) is 20.8 Å². The third-order valence-corrected chi connectivity index (χ3v) is 11.9. The van der Waals surface area contributed by atoms with E-state index in [4.69, 9.17) is 90.5 Å². The molecule has 0 saturated carbocycles. The summed E-state index contributed by atoms with van der Waals surface area (Å²) in [6.45, 7) is 4.99. The molecular formula is C34H60N3O35S5-5. The normalized spacial score (nSPS) is 40.4. The number of nitrogens with two attached hydrogens (primary N) is 3. The Morgan fingerprint density at radius 3 is 1.26 bits per heavy atom. The third-order valence-electron chi connectivity index (χ3n) is 11.9. The number of hydrogen-bond acceptors (Lipinski definition) is 43. The second-order valence-corrected chi connectivity index (χ2v) is 16.0. The maximum absolute atomic E-state index is 11.1.